The van der Waals surface area contributed by atoms with Gasteiger partial charge in [-0.3, -0.25) is 0 Å². The van der Waals surface area contributed by atoms with Crippen molar-refractivity contribution in [1.29, 1.82) is 0 Å². The lowest BCUT2D eigenvalue weighted by Crippen LogP contribution is -2.32. The van der Waals surface area contributed by atoms with Crippen LogP contribution in [-0.2, 0) is 9.47 Å². The summed E-state index contributed by atoms with van der Waals surface area (Å²) in [6.45, 7) is 3.87. The summed E-state index contributed by atoms with van der Waals surface area (Å²) in [4.78, 5) is 0. The largest absolute Gasteiger partial charge is 0.359 e. The molecule has 0 aliphatic carbocycles. The van der Waals surface area contributed by atoms with Gasteiger partial charge in [-0.25, -0.2) is 0 Å². The molecule has 1 heterocycles. The van der Waals surface area contributed by atoms with Crippen molar-refractivity contribution in [3.05, 3.63) is 0 Å². The van der Waals surface area contributed by atoms with Crippen molar-refractivity contribution in [2.75, 3.05) is 13.2 Å². The van der Waals surface area contributed by atoms with Gasteiger partial charge in [-0.15, -0.1) is 0 Å². The molecule has 1 rings (SSSR count). The van der Waals surface area contributed by atoms with E-state index in [1.54, 1.807) is 0 Å². The predicted octanol–water partition coefficient (Wildman–Crippen LogP) is 0.900. The molecule has 1 fully saturated rings. The van der Waals surface area contributed by atoms with Crippen LogP contribution >= 0.6 is 0 Å². The number of hydrogen-bond donors (Lipinski definition) is 0. The molecule has 2 nitrogen and oxygen atoms in total. The maximum absolute atomic E-state index is 5.61. The molecule has 64 valence electrons. The molecule has 0 aromatic rings. The van der Waals surface area contributed by atoms with E-state index in [0.29, 0.717) is 0 Å². The summed E-state index contributed by atoms with van der Waals surface area (Å²) in [5, 5.41) is 0. The Morgan fingerprint density at radius 3 is 3.00 bits per heavy atom. The molecule has 0 spiro atoms. The van der Waals surface area contributed by atoms with E-state index in [1.165, 1.54) is 6.42 Å². The average Bonchev–Trinajstić information content (AvgIpc) is 2.38. The van der Waals surface area contributed by atoms with Gasteiger partial charge in [-0.1, -0.05) is 13.3 Å². The van der Waals surface area contributed by atoms with Crippen molar-refractivity contribution in [2.24, 2.45) is 0 Å². The van der Waals surface area contributed by atoms with Crippen LogP contribution in [0.25, 0.3) is 0 Å². The van der Waals surface area contributed by atoms with Crippen LogP contribution in [0.1, 0.15) is 32.6 Å². The van der Waals surface area contributed by atoms with Crippen LogP contribution in [0.15, 0.2) is 0 Å². The predicted molar refractivity (Wildman–Crippen MR) is 47.3 cm³/mol. The second-order valence-electron chi connectivity index (χ2n) is 3.29. The van der Waals surface area contributed by atoms with Crippen molar-refractivity contribution in [1.82, 2.24) is 0 Å². The van der Waals surface area contributed by atoms with Crippen LogP contribution < -0.4 is 0 Å². The van der Waals surface area contributed by atoms with Crippen LogP contribution in [0.5, 0.6) is 0 Å². The van der Waals surface area contributed by atoms with Gasteiger partial charge in [-0.2, -0.15) is 0 Å². The van der Waals surface area contributed by atoms with E-state index in [4.69, 9.17) is 9.47 Å². The van der Waals surface area contributed by atoms with Crippen molar-refractivity contribution in [2.45, 2.75) is 38.3 Å². The quantitative estimate of drug-likeness (QED) is 0.444. The fraction of sp³-hybridized carbons (Fsp3) is 1.00. The molecule has 0 radical (unpaired) electrons. The van der Waals surface area contributed by atoms with E-state index in [0.717, 1.165) is 32.5 Å². The smallest absolute Gasteiger partial charge is 0.178 e. The Morgan fingerprint density at radius 2 is 2.45 bits per heavy atom. The highest BCUT2D eigenvalue weighted by atomic mass is 16.7. The van der Waals surface area contributed by atoms with Gasteiger partial charge >= 0.3 is 0 Å². The second-order valence-corrected chi connectivity index (χ2v) is 3.29. The highest BCUT2D eigenvalue weighted by Gasteiger charge is 2.29. The molecule has 1 saturated heterocycles. The summed E-state index contributed by atoms with van der Waals surface area (Å²) in [6.07, 6.45) is 4.52. The third-order valence-electron chi connectivity index (χ3n) is 2.09. The summed E-state index contributed by atoms with van der Waals surface area (Å²) >= 11 is 0. The molecule has 1 unspecified atom stereocenters. The van der Waals surface area contributed by atoms with Gasteiger partial charge in [0.15, 0.2) is 7.85 Å². The monoisotopic (exact) mass is 156 g/mol. The van der Waals surface area contributed by atoms with E-state index in [1.807, 2.05) is 7.85 Å². The zero-order valence-electron chi connectivity index (χ0n) is 7.56. The first-order valence-electron chi connectivity index (χ1n) is 4.55. The maximum atomic E-state index is 5.61. The first-order valence-corrected chi connectivity index (χ1v) is 4.55. The minimum Gasteiger partial charge on any atom is -0.359 e. The van der Waals surface area contributed by atoms with Gasteiger partial charge in [0.05, 0.1) is 0 Å². The van der Waals surface area contributed by atoms with Crippen molar-refractivity contribution in [3.8, 4) is 0 Å². The first-order chi connectivity index (χ1) is 5.27. The van der Waals surface area contributed by atoms with Crippen molar-refractivity contribution >= 4 is 7.85 Å². The number of unbranched alkanes of at least 4 members (excludes halogenated alkanes) is 1. The lowest BCUT2D eigenvalue weighted by atomic mass is 9.92. The fourth-order valence-corrected chi connectivity index (χ4v) is 1.30. The fourth-order valence-electron chi connectivity index (χ4n) is 1.30. The molecule has 3 heteroatoms. The number of ether oxygens (including phenoxy) is 2. The normalized spacial score (nSPS) is 31.0. The van der Waals surface area contributed by atoms with Gasteiger partial charge in [0, 0.05) is 13.2 Å². The topological polar surface area (TPSA) is 18.5 Å². The molecule has 0 amide bonds. The van der Waals surface area contributed by atoms with Crippen LogP contribution in [0, 0.1) is 0 Å². The van der Waals surface area contributed by atoms with Crippen molar-refractivity contribution in [3.63, 3.8) is 0 Å². The number of rotatable bonds is 4. The van der Waals surface area contributed by atoms with Crippen LogP contribution in [0.3, 0.4) is 0 Å². The molecule has 0 aromatic carbocycles. The first kappa shape index (κ1) is 9.08. The van der Waals surface area contributed by atoms with Crippen LogP contribution in [-0.4, -0.2) is 26.7 Å². The highest BCUT2D eigenvalue weighted by Crippen LogP contribution is 2.23. The molecule has 0 aromatic heterocycles. The summed E-state index contributed by atoms with van der Waals surface area (Å²) in [5.41, 5.74) is -0.255. The summed E-state index contributed by atoms with van der Waals surface area (Å²) in [5.74, 6) is 0. The minimum atomic E-state index is -0.255. The Balaban J connectivity index is 2.13. The lowest BCUT2D eigenvalue weighted by molar-refractivity contribution is -0.148. The second kappa shape index (κ2) is 4.12. The summed E-state index contributed by atoms with van der Waals surface area (Å²) in [6, 6.07) is 0. The average molecular weight is 156 g/mol. The maximum Gasteiger partial charge on any atom is 0.178 e. The van der Waals surface area contributed by atoms with Gasteiger partial charge in [0.2, 0.25) is 0 Å². The van der Waals surface area contributed by atoms with Gasteiger partial charge in [-0.05, 0) is 19.3 Å². The Hall–Kier alpha value is -0.0151. The van der Waals surface area contributed by atoms with Gasteiger partial charge < -0.3 is 9.47 Å². The Morgan fingerprint density at radius 1 is 1.64 bits per heavy atom. The van der Waals surface area contributed by atoms with Crippen LogP contribution in [0.4, 0.5) is 0 Å². The molecule has 11 heavy (non-hydrogen) atoms. The molecule has 0 bridgehead atoms. The summed E-state index contributed by atoms with van der Waals surface area (Å²) in [7, 11) is 2.04. The highest BCUT2D eigenvalue weighted by molar-refractivity contribution is 6.13. The van der Waals surface area contributed by atoms with Gasteiger partial charge in [0.25, 0.3) is 0 Å². The Labute approximate surface area is 69.7 Å². The standard InChI is InChI=1S/C8H17BO2/c1-2-3-6-10-8(9)5-4-7-11-8/h2-7,9H2,1H3. The summed E-state index contributed by atoms with van der Waals surface area (Å²) < 4.78 is 11.1. The van der Waals surface area contributed by atoms with Crippen LogP contribution in [0.2, 0.25) is 0 Å². The van der Waals surface area contributed by atoms with E-state index in [2.05, 4.69) is 6.92 Å². The van der Waals surface area contributed by atoms with E-state index >= 15 is 0 Å². The molecule has 1 aliphatic heterocycles. The molecular formula is C8H17BO2. The van der Waals surface area contributed by atoms with Gasteiger partial charge in [0.1, 0.15) is 5.69 Å². The third kappa shape index (κ3) is 2.84. The SMILES string of the molecule is BC1(OCCCC)CCCO1. The Kier molecular flexibility index (Phi) is 3.40. The Bertz CT molecular complexity index is 111. The number of hydrogen-bond acceptors (Lipinski definition) is 2. The van der Waals surface area contributed by atoms with E-state index in [-0.39, 0.29) is 5.69 Å². The van der Waals surface area contributed by atoms with E-state index < -0.39 is 0 Å². The molecular weight excluding hydrogens is 139 g/mol. The molecule has 1 atom stereocenters. The lowest BCUT2D eigenvalue weighted by Gasteiger charge is -2.23. The van der Waals surface area contributed by atoms with E-state index in [9.17, 15) is 0 Å². The minimum absolute atomic E-state index is 0.255. The zero-order chi connectivity index (χ0) is 8.16. The molecule has 0 saturated carbocycles. The zero-order valence-corrected chi connectivity index (χ0v) is 7.56. The third-order valence-corrected chi connectivity index (χ3v) is 2.09. The molecule has 0 N–H and O–H groups in total. The molecule has 1 aliphatic rings. The van der Waals surface area contributed by atoms with Crippen molar-refractivity contribution < 1.29 is 9.47 Å².